The fourth-order valence-corrected chi connectivity index (χ4v) is 2.53. The van der Waals surface area contributed by atoms with Gasteiger partial charge in [-0.1, -0.05) is 0 Å². The van der Waals surface area contributed by atoms with Crippen molar-refractivity contribution in [2.75, 3.05) is 20.7 Å². The van der Waals surface area contributed by atoms with E-state index in [-0.39, 0.29) is 34.4 Å². The number of nitrogens with zero attached hydrogens (tertiary/aromatic N) is 3. The van der Waals surface area contributed by atoms with Crippen LogP contribution < -0.4 is 4.74 Å². The highest BCUT2D eigenvalue weighted by atomic mass is 32.1. The molecular weight excluding hydrogens is 322 g/mol. The Labute approximate surface area is 137 Å². The van der Waals surface area contributed by atoms with E-state index in [9.17, 15) is 20.0 Å². The second kappa shape index (κ2) is 6.21. The molecule has 8 nitrogen and oxygen atoms in total. The molecule has 2 rings (SSSR count). The van der Waals surface area contributed by atoms with Crippen LogP contribution in [0.2, 0.25) is 0 Å². The molecule has 1 aliphatic rings. The lowest BCUT2D eigenvalue weighted by Gasteiger charge is -2.13. The number of carbonyl (C=O) groups excluding carboxylic acids is 1. The topological polar surface area (TPSA) is 96.2 Å². The summed E-state index contributed by atoms with van der Waals surface area (Å²) < 4.78 is 4.94. The minimum absolute atomic E-state index is 0.0472. The molecule has 23 heavy (non-hydrogen) atoms. The third-order valence-corrected chi connectivity index (χ3v) is 3.97. The van der Waals surface area contributed by atoms with Crippen LogP contribution in [0.5, 0.6) is 11.5 Å². The highest BCUT2D eigenvalue weighted by Gasteiger charge is 2.34. The molecule has 1 fully saturated rings. The maximum Gasteiger partial charge on any atom is 0.276 e. The van der Waals surface area contributed by atoms with Crippen molar-refractivity contribution < 1.29 is 19.6 Å². The zero-order valence-electron chi connectivity index (χ0n) is 12.8. The van der Waals surface area contributed by atoms with E-state index in [2.05, 4.69) is 0 Å². The molecule has 0 saturated carbocycles. The molecule has 1 saturated heterocycles. The largest absolute Gasteiger partial charge is 0.504 e. The normalized spacial score (nSPS) is 16.4. The maximum atomic E-state index is 12.3. The number of hydrogen-bond acceptors (Lipinski definition) is 6. The van der Waals surface area contributed by atoms with Gasteiger partial charge in [-0.15, -0.1) is 0 Å². The minimum Gasteiger partial charge on any atom is -0.504 e. The van der Waals surface area contributed by atoms with Crippen molar-refractivity contribution in [1.29, 1.82) is 0 Å². The zero-order chi connectivity index (χ0) is 17.3. The van der Waals surface area contributed by atoms with Crippen LogP contribution in [0.4, 0.5) is 5.69 Å². The average Bonchev–Trinajstić information content (AvgIpc) is 2.72. The molecule has 1 aromatic carbocycles. The summed E-state index contributed by atoms with van der Waals surface area (Å²) in [5.41, 5.74) is 0.0660. The average molecular weight is 337 g/mol. The van der Waals surface area contributed by atoms with E-state index in [4.69, 9.17) is 17.0 Å². The van der Waals surface area contributed by atoms with Crippen molar-refractivity contribution in [3.63, 3.8) is 0 Å². The Bertz CT molecular complexity index is 731. The Balaban J connectivity index is 2.58. The predicted octanol–water partition coefficient (Wildman–Crippen LogP) is 1.73. The number of amides is 1. The number of rotatable bonds is 4. The van der Waals surface area contributed by atoms with Crippen molar-refractivity contribution in [1.82, 2.24) is 9.80 Å². The Morgan fingerprint density at radius 1 is 1.48 bits per heavy atom. The van der Waals surface area contributed by atoms with Gasteiger partial charge in [0.25, 0.3) is 11.6 Å². The number of aromatic hydroxyl groups is 1. The molecular formula is C14H15N3O5S. The van der Waals surface area contributed by atoms with E-state index in [1.54, 1.807) is 14.0 Å². The summed E-state index contributed by atoms with van der Waals surface area (Å²) in [6.45, 7) is 2.19. The number of phenolic OH excluding ortho intramolecular Hbond substituents is 1. The summed E-state index contributed by atoms with van der Waals surface area (Å²) in [5.74, 6) is -0.661. The molecule has 9 heteroatoms. The third-order valence-electron chi connectivity index (χ3n) is 3.47. The van der Waals surface area contributed by atoms with Gasteiger partial charge < -0.3 is 14.7 Å². The summed E-state index contributed by atoms with van der Waals surface area (Å²) in [7, 11) is 2.91. The van der Waals surface area contributed by atoms with Gasteiger partial charge in [-0.3, -0.25) is 19.8 Å². The van der Waals surface area contributed by atoms with E-state index >= 15 is 0 Å². The van der Waals surface area contributed by atoms with Gasteiger partial charge in [-0.2, -0.15) is 0 Å². The molecule has 1 heterocycles. The number of non-ortho nitro benzene ring substituents is 1. The number of phenols is 1. The van der Waals surface area contributed by atoms with Crippen LogP contribution >= 0.6 is 12.2 Å². The van der Waals surface area contributed by atoms with E-state index in [0.717, 1.165) is 6.07 Å². The molecule has 0 bridgehead atoms. The van der Waals surface area contributed by atoms with Gasteiger partial charge in [-0.25, -0.2) is 0 Å². The Morgan fingerprint density at radius 3 is 2.61 bits per heavy atom. The van der Waals surface area contributed by atoms with Crippen molar-refractivity contribution in [2.24, 2.45) is 0 Å². The first kappa shape index (κ1) is 16.7. The summed E-state index contributed by atoms with van der Waals surface area (Å²) in [5, 5.41) is 21.5. The van der Waals surface area contributed by atoms with Crippen LogP contribution in [0.1, 0.15) is 12.5 Å². The molecule has 0 aliphatic carbocycles. The Kier molecular flexibility index (Phi) is 4.50. The maximum absolute atomic E-state index is 12.3. The molecule has 1 amide bonds. The lowest BCUT2D eigenvalue weighted by Crippen LogP contribution is -2.30. The first-order valence-electron chi connectivity index (χ1n) is 6.68. The molecule has 0 unspecified atom stereocenters. The zero-order valence-corrected chi connectivity index (χ0v) is 13.6. The van der Waals surface area contributed by atoms with Gasteiger partial charge in [-0.05, 0) is 25.2 Å². The standard InChI is InChI=1S/C14H15N3O5S/c1-4-16-13(19)10(15(2)14(16)23)6-8-5-9(17(20)21)7-11(22-3)12(8)18/h5-7,18H,4H2,1-3H3/b10-6-. The summed E-state index contributed by atoms with van der Waals surface area (Å²) in [4.78, 5) is 25.6. The van der Waals surface area contributed by atoms with Gasteiger partial charge in [0.15, 0.2) is 16.6 Å². The number of carbonyl (C=O) groups is 1. The van der Waals surface area contributed by atoms with Gasteiger partial charge in [0.05, 0.1) is 18.1 Å². The second-order valence-corrected chi connectivity index (χ2v) is 5.13. The van der Waals surface area contributed by atoms with Crippen LogP contribution in [0, 0.1) is 10.1 Å². The van der Waals surface area contributed by atoms with E-state index in [1.807, 2.05) is 0 Å². The third kappa shape index (κ3) is 2.82. The van der Waals surface area contributed by atoms with Crippen molar-refractivity contribution in [3.05, 3.63) is 33.5 Å². The monoisotopic (exact) mass is 337 g/mol. The summed E-state index contributed by atoms with van der Waals surface area (Å²) in [6.07, 6.45) is 1.36. The molecule has 0 atom stereocenters. The number of thiocarbonyl (C=S) groups is 1. The van der Waals surface area contributed by atoms with Crippen LogP contribution in [-0.4, -0.2) is 51.6 Å². The Hall–Kier alpha value is -2.68. The minimum atomic E-state index is -0.604. The van der Waals surface area contributed by atoms with Gasteiger partial charge in [0, 0.05) is 25.2 Å². The van der Waals surface area contributed by atoms with E-state index < -0.39 is 4.92 Å². The van der Waals surface area contributed by atoms with E-state index in [1.165, 1.54) is 29.1 Å². The van der Waals surface area contributed by atoms with Crippen LogP contribution in [-0.2, 0) is 4.79 Å². The van der Waals surface area contributed by atoms with E-state index in [0.29, 0.717) is 11.7 Å². The molecule has 122 valence electrons. The van der Waals surface area contributed by atoms with Crippen LogP contribution in [0.3, 0.4) is 0 Å². The number of benzene rings is 1. The smallest absolute Gasteiger partial charge is 0.276 e. The first-order valence-corrected chi connectivity index (χ1v) is 7.09. The summed E-state index contributed by atoms with van der Waals surface area (Å²) in [6, 6.07) is 2.28. The highest BCUT2D eigenvalue weighted by molar-refractivity contribution is 7.80. The second-order valence-electron chi connectivity index (χ2n) is 4.76. The van der Waals surface area contributed by atoms with Crippen molar-refractivity contribution in [2.45, 2.75) is 6.92 Å². The lowest BCUT2D eigenvalue weighted by molar-refractivity contribution is -0.385. The number of methoxy groups -OCH3 is 1. The number of ether oxygens (including phenoxy) is 1. The fourth-order valence-electron chi connectivity index (χ4n) is 2.22. The number of nitro benzene ring substituents is 1. The lowest BCUT2D eigenvalue weighted by atomic mass is 10.1. The highest BCUT2D eigenvalue weighted by Crippen LogP contribution is 2.36. The number of likely N-dealkylation sites (N-methyl/N-ethyl adjacent to an activating group) is 2. The van der Waals surface area contributed by atoms with Gasteiger partial charge in [0.2, 0.25) is 0 Å². The molecule has 1 aliphatic heterocycles. The molecule has 1 N–H and O–H groups in total. The Morgan fingerprint density at radius 2 is 2.13 bits per heavy atom. The first-order chi connectivity index (χ1) is 10.8. The van der Waals surface area contributed by atoms with Gasteiger partial charge in [0.1, 0.15) is 5.70 Å². The van der Waals surface area contributed by atoms with Crippen molar-refractivity contribution in [3.8, 4) is 11.5 Å². The van der Waals surface area contributed by atoms with Crippen LogP contribution in [0.25, 0.3) is 6.08 Å². The predicted molar refractivity (Wildman–Crippen MR) is 87.0 cm³/mol. The number of nitro groups is 1. The quantitative estimate of drug-likeness (QED) is 0.387. The molecule has 0 spiro atoms. The van der Waals surface area contributed by atoms with Crippen molar-refractivity contribution >= 4 is 35.0 Å². The molecule has 0 aromatic heterocycles. The van der Waals surface area contributed by atoms with Crippen LogP contribution in [0.15, 0.2) is 17.8 Å². The fraction of sp³-hybridized carbons (Fsp3) is 0.286. The molecule has 0 radical (unpaired) electrons. The summed E-state index contributed by atoms with van der Waals surface area (Å²) >= 11 is 5.18. The molecule has 1 aromatic rings. The number of hydrogen-bond donors (Lipinski definition) is 1. The van der Waals surface area contributed by atoms with Gasteiger partial charge >= 0.3 is 0 Å². The SMILES string of the molecule is CCN1C(=O)/C(=C/c2cc([N+](=O)[O-])cc(OC)c2O)N(C)C1=S.